The first-order chi connectivity index (χ1) is 11.8. The largest absolute Gasteiger partial charge is 0.351 e. The Bertz CT molecular complexity index is 684. The number of hydrogen-bond donors (Lipinski definition) is 1. The van der Waals surface area contributed by atoms with E-state index in [1.807, 2.05) is 38.2 Å². The molecule has 0 spiro atoms. The molecular formula is C17H24IN7. The predicted molar refractivity (Wildman–Crippen MR) is 110 cm³/mol. The number of aliphatic imine (C=N–C) groups is 1. The van der Waals surface area contributed by atoms with Crippen LogP contribution in [0.4, 0.5) is 5.95 Å². The number of piperazine rings is 1. The van der Waals surface area contributed by atoms with Gasteiger partial charge in [0.2, 0.25) is 5.95 Å². The van der Waals surface area contributed by atoms with Crippen LogP contribution < -0.4 is 10.2 Å². The van der Waals surface area contributed by atoms with Crippen molar-refractivity contribution in [2.75, 3.05) is 38.1 Å². The third kappa shape index (κ3) is 5.25. The molecule has 0 atom stereocenters. The highest BCUT2D eigenvalue weighted by atomic mass is 127. The molecule has 0 aromatic carbocycles. The predicted octanol–water partition coefficient (Wildman–Crippen LogP) is 1.70. The Labute approximate surface area is 165 Å². The fourth-order valence-corrected chi connectivity index (χ4v) is 2.77. The van der Waals surface area contributed by atoms with Gasteiger partial charge in [0, 0.05) is 51.3 Å². The van der Waals surface area contributed by atoms with Crippen molar-refractivity contribution < 1.29 is 0 Å². The number of nitrogens with zero attached hydrogens (tertiary/aromatic N) is 6. The minimum atomic E-state index is 0. The van der Waals surface area contributed by atoms with Gasteiger partial charge in [-0.1, -0.05) is 6.07 Å². The Hall–Kier alpha value is -1.97. The SMILES string of the molecule is CN=C(NCc1cccc(C)n1)N1CCN(c2ncccn2)CC1.I. The quantitative estimate of drug-likeness (QED) is 0.434. The zero-order valence-corrected chi connectivity index (χ0v) is 16.9. The first-order valence-corrected chi connectivity index (χ1v) is 8.16. The summed E-state index contributed by atoms with van der Waals surface area (Å²) < 4.78 is 0. The monoisotopic (exact) mass is 453 g/mol. The van der Waals surface area contributed by atoms with E-state index in [1.165, 1.54) is 0 Å². The summed E-state index contributed by atoms with van der Waals surface area (Å²) >= 11 is 0. The lowest BCUT2D eigenvalue weighted by atomic mass is 10.3. The van der Waals surface area contributed by atoms with Crippen molar-refractivity contribution in [3.8, 4) is 0 Å². The number of aryl methyl sites for hydroxylation is 1. The average molecular weight is 453 g/mol. The molecule has 0 amide bonds. The fourth-order valence-electron chi connectivity index (χ4n) is 2.77. The van der Waals surface area contributed by atoms with Gasteiger partial charge in [-0.2, -0.15) is 0 Å². The minimum Gasteiger partial charge on any atom is -0.351 e. The lowest BCUT2D eigenvalue weighted by Crippen LogP contribution is -2.52. The van der Waals surface area contributed by atoms with Gasteiger partial charge >= 0.3 is 0 Å². The molecule has 8 heteroatoms. The first-order valence-electron chi connectivity index (χ1n) is 8.16. The Kier molecular flexibility index (Phi) is 7.35. The van der Waals surface area contributed by atoms with Gasteiger partial charge < -0.3 is 15.1 Å². The van der Waals surface area contributed by atoms with E-state index in [0.29, 0.717) is 6.54 Å². The summed E-state index contributed by atoms with van der Waals surface area (Å²) in [6, 6.07) is 7.90. The van der Waals surface area contributed by atoms with Crippen molar-refractivity contribution in [3.05, 3.63) is 48.0 Å². The number of rotatable bonds is 3. The third-order valence-corrected chi connectivity index (χ3v) is 4.00. The number of halogens is 1. The van der Waals surface area contributed by atoms with Crippen molar-refractivity contribution in [1.29, 1.82) is 0 Å². The van der Waals surface area contributed by atoms with E-state index in [9.17, 15) is 0 Å². The van der Waals surface area contributed by atoms with Crippen LogP contribution in [0.15, 0.2) is 41.7 Å². The van der Waals surface area contributed by atoms with Gasteiger partial charge in [0.05, 0.1) is 12.2 Å². The number of guanidine groups is 1. The molecule has 0 aliphatic carbocycles. The normalized spacial score (nSPS) is 14.9. The van der Waals surface area contributed by atoms with Crippen LogP contribution in [0.2, 0.25) is 0 Å². The van der Waals surface area contributed by atoms with Crippen molar-refractivity contribution in [3.63, 3.8) is 0 Å². The van der Waals surface area contributed by atoms with E-state index < -0.39 is 0 Å². The molecule has 1 saturated heterocycles. The highest BCUT2D eigenvalue weighted by molar-refractivity contribution is 14.0. The van der Waals surface area contributed by atoms with E-state index in [2.05, 4.69) is 35.1 Å². The standard InChI is InChI=1S/C17H23N7.HI/c1-14-5-3-6-15(22-14)13-21-16(18-2)23-9-11-24(12-10-23)17-19-7-4-8-20-17;/h3-8H,9-13H2,1-2H3,(H,18,21);1H. The van der Waals surface area contributed by atoms with E-state index in [4.69, 9.17) is 0 Å². The Balaban J connectivity index is 0.00000225. The molecule has 0 radical (unpaired) electrons. The fraction of sp³-hybridized carbons (Fsp3) is 0.412. The smallest absolute Gasteiger partial charge is 0.225 e. The summed E-state index contributed by atoms with van der Waals surface area (Å²) in [5, 5.41) is 3.40. The summed E-state index contributed by atoms with van der Waals surface area (Å²) in [5.74, 6) is 1.70. The van der Waals surface area contributed by atoms with Crippen LogP contribution >= 0.6 is 24.0 Å². The maximum atomic E-state index is 4.52. The zero-order chi connectivity index (χ0) is 16.8. The van der Waals surface area contributed by atoms with Crippen molar-refractivity contribution >= 4 is 35.9 Å². The Morgan fingerprint density at radius 1 is 1.12 bits per heavy atom. The number of anilines is 1. The van der Waals surface area contributed by atoms with Gasteiger partial charge in [-0.05, 0) is 25.1 Å². The van der Waals surface area contributed by atoms with Gasteiger partial charge in [0.25, 0.3) is 0 Å². The summed E-state index contributed by atoms with van der Waals surface area (Å²) in [4.78, 5) is 22.0. The van der Waals surface area contributed by atoms with Crippen molar-refractivity contribution in [2.24, 2.45) is 4.99 Å². The van der Waals surface area contributed by atoms with Crippen LogP contribution in [0.25, 0.3) is 0 Å². The third-order valence-electron chi connectivity index (χ3n) is 4.00. The van der Waals surface area contributed by atoms with Crippen LogP contribution in [0.3, 0.4) is 0 Å². The van der Waals surface area contributed by atoms with E-state index in [-0.39, 0.29) is 24.0 Å². The van der Waals surface area contributed by atoms with E-state index in [0.717, 1.165) is 49.5 Å². The van der Waals surface area contributed by atoms with Gasteiger partial charge in [-0.15, -0.1) is 24.0 Å². The molecule has 1 aliphatic rings. The van der Waals surface area contributed by atoms with Crippen molar-refractivity contribution in [2.45, 2.75) is 13.5 Å². The lowest BCUT2D eigenvalue weighted by molar-refractivity contribution is 0.370. The average Bonchev–Trinajstić information content (AvgIpc) is 2.64. The molecule has 7 nitrogen and oxygen atoms in total. The maximum absolute atomic E-state index is 4.52. The number of hydrogen-bond acceptors (Lipinski definition) is 5. The number of aromatic nitrogens is 3. The lowest BCUT2D eigenvalue weighted by Gasteiger charge is -2.36. The second kappa shape index (κ2) is 9.50. The first kappa shape index (κ1) is 19.4. The zero-order valence-electron chi connectivity index (χ0n) is 14.6. The van der Waals surface area contributed by atoms with Crippen LogP contribution in [-0.4, -0.2) is 59.0 Å². The van der Waals surface area contributed by atoms with Gasteiger partial charge in [-0.3, -0.25) is 9.98 Å². The van der Waals surface area contributed by atoms with Crippen LogP contribution in [0.1, 0.15) is 11.4 Å². The molecule has 3 rings (SSSR count). The van der Waals surface area contributed by atoms with Crippen molar-refractivity contribution in [1.82, 2.24) is 25.2 Å². The maximum Gasteiger partial charge on any atom is 0.225 e. The molecule has 3 heterocycles. The topological polar surface area (TPSA) is 69.5 Å². The molecule has 1 fully saturated rings. The second-order valence-electron chi connectivity index (χ2n) is 5.69. The highest BCUT2D eigenvalue weighted by Crippen LogP contribution is 2.10. The summed E-state index contributed by atoms with van der Waals surface area (Å²) in [6.45, 7) is 6.22. The molecule has 0 unspecified atom stereocenters. The number of nitrogens with one attached hydrogen (secondary N) is 1. The Morgan fingerprint density at radius 3 is 2.48 bits per heavy atom. The molecule has 134 valence electrons. The summed E-state index contributed by atoms with van der Waals surface area (Å²) in [5.41, 5.74) is 2.05. The van der Waals surface area contributed by atoms with Gasteiger partial charge in [0.1, 0.15) is 0 Å². The van der Waals surface area contributed by atoms with Crippen LogP contribution in [-0.2, 0) is 6.54 Å². The molecule has 1 N–H and O–H groups in total. The van der Waals surface area contributed by atoms with Crippen LogP contribution in [0.5, 0.6) is 0 Å². The molecule has 0 saturated carbocycles. The van der Waals surface area contributed by atoms with E-state index in [1.54, 1.807) is 12.4 Å². The number of pyridine rings is 1. The highest BCUT2D eigenvalue weighted by Gasteiger charge is 2.20. The second-order valence-corrected chi connectivity index (χ2v) is 5.69. The molecule has 0 bridgehead atoms. The summed E-state index contributed by atoms with van der Waals surface area (Å²) in [7, 11) is 1.82. The molecule has 25 heavy (non-hydrogen) atoms. The van der Waals surface area contributed by atoms with Crippen LogP contribution in [0, 0.1) is 6.92 Å². The Morgan fingerprint density at radius 2 is 1.84 bits per heavy atom. The molecule has 1 aliphatic heterocycles. The van der Waals surface area contributed by atoms with Gasteiger partial charge in [0.15, 0.2) is 5.96 Å². The molecule has 2 aromatic heterocycles. The van der Waals surface area contributed by atoms with E-state index >= 15 is 0 Å². The molecular weight excluding hydrogens is 429 g/mol. The minimum absolute atomic E-state index is 0. The van der Waals surface area contributed by atoms with Gasteiger partial charge in [-0.25, -0.2) is 9.97 Å². The molecule has 2 aromatic rings. The summed E-state index contributed by atoms with van der Waals surface area (Å²) in [6.07, 6.45) is 3.56.